The number of pyridine rings is 1. The van der Waals surface area contributed by atoms with Crippen molar-refractivity contribution in [3.63, 3.8) is 0 Å². The fraction of sp³-hybridized carbons (Fsp3) is 0.619. The summed E-state index contributed by atoms with van der Waals surface area (Å²) in [7, 11) is 0. The maximum absolute atomic E-state index is 11.0. The highest BCUT2D eigenvalue weighted by atomic mass is 35.5. The zero-order valence-electron chi connectivity index (χ0n) is 18.6. The lowest BCUT2D eigenvalue weighted by atomic mass is 9.79. The molecule has 2 saturated heterocycles. The number of halogens is 3. The van der Waals surface area contributed by atoms with Crippen LogP contribution in [0.15, 0.2) is 24.4 Å². The highest BCUT2D eigenvalue weighted by molar-refractivity contribution is 5.90. The number of hydroxylamine groups is 1. The molecule has 10 heteroatoms. The van der Waals surface area contributed by atoms with Crippen LogP contribution in [0.5, 0.6) is 0 Å². The van der Waals surface area contributed by atoms with Crippen LogP contribution >= 0.6 is 37.2 Å². The number of anilines is 1. The number of piperidine rings is 1. The Morgan fingerprint density at radius 3 is 2.39 bits per heavy atom. The molecule has 2 aliphatic heterocycles. The molecule has 0 aromatic carbocycles. The zero-order valence-corrected chi connectivity index (χ0v) is 21.0. The number of amides is 1. The van der Waals surface area contributed by atoms with Gasteiger partial charge in [0, 0.05) is 48.5 Å². The van der Waals surface area contributed by atoms with Gasteiger partial charge in [0.05, 0.1) is 0 Å². The predicted octanol–water partition coefficient (Wildman–Crippen LogP) is 3.66. The average molecular weight is 497 g/mol. The molecule has 4 N–H and O–H groups in total. The first kappa shape index (κ1) is 29.9. The molecule has 3 heterocycles. The molecule has 0 unspecified atom stereocenters. The summed E-state index contributed by atoms with van der Waals surface area (Å²) in [6.45, 7) is 11.4. The third-order valence-corrected chi connectivity index (χ3v) is 5.58. The number of hydrogen-bond donors (Lipinski definition) is 4. The van der Waals surface area contributed by atoms with Crippen LogP contribution in [0, 0.1) is 0 Å². The Kier molecular flexibility index (Phi) is 11.8. The molecule has 3 rings (SSSR count). The van der Waals surface area contributed by atoms with E-state index in [0.717, 1.165) is 30.9 Å². The molecular formula is C21H36Cl3N5O2. The third-order valence-electron chi connectivity index (χ3n) is 5.58. The van der Waals surface area contributed by atoms with Crippen molar-refractivity contribution in [2.75, 3.05) is 18.4 Å². The van der Waals surface area contributed by atoms with E-state index in [1.54, 1.807) is 17.8 Å². The van der Waals surface area contributed by atoms with Gasteiger partial charge in [-0.25, -0.2) is 10.5 Å². The Morgan fingerprint density at radius 1 is 1.19 bits per heavy atom. The first-order chi connectivity index (χ1) is 13.2. The van der Waals surface area contributed by atoms with Crippen molar-refractivity contribution in [2.45, 2.75) is 70.1 Å². The lowest BCUT2D eigenvalue weighted by Gasteiger charge is -2.49. The van der Waals surface area contributed by atoms with E-state index in [9.17, 15) is 4.79 Å². The van der Waals surface area contributed by atoms with Crippen LogP contribution in [0.25, 0.3) is 6.08 Å². The lowest BCUT2D eigenvalue weighted by molar-refractivity contribution is -0.124. The van der Waals surface area contributed by atoms with Crippen LogP contribution in [-0.2, 0) is 4.79 Å². The van der Waals surface area contributed by atoms with Gasteiger partial charge < -0.3 is 10.6 Å². The second-order valence-corrected chi connectivity index (χ2v) is 9.37. The monoisotopic (exact) mass is 495 g/mol. The first-order valence-electron chi connectivity index (χ1n) is 10.0. The van der Waals surface area contributed by atoms with E-state index in [-0.39, 0.29) is 48.3 Å². The van der Waals surface area contributed by atoms with E-state index in [1.165, 1.54) is 18.9 Å². The van der Waals surface area contributed by atoms with Crippen LogP contribution < -0.4 is 16.1 Å². The van der Waals surface area contributed by atoms with Crippen LogP contribution in [0.4, 0.5) is 5.82 Å². The Labute approximate surface area is 204 Å². The van der Waals surface area contributed by atoms with Gasteiger partial charge in [-0.3, -0.25) is 14.9 Å². The van der Waals surface area contributed by atoms with E-state index in [0.29, 0.717) is 12.1 Å². The quantitative estimate of drug-likeness (QED) is 0.283. The van der Waals surface area contributed by atoms with Crippen molar-refractivity contribution >= 4 is 55.0 Å². The molecule has 2 fully saturated rings. The van der Waals surface area contributed by atoms with Crippen molar-refractivity contribution in [1.82, 2.24) is 20.7 Å². The lowest BCUT2D eigenvalue weighted by Crippen LogP contribution is -2.62. The van der Waals surface area contributed by atoms with Gasteiger partial charge in [-0.15, -0.1) is 37.2 Å². The minimum atomic E-state index is -0.558. The standard InChI is InChI=1S/C21H33N5O2.3ClH/c1-20(2)11-17(12-21(3,4)25-20)26-10-9-16(14-26)23-18-7-5-15(13-22-18)6-8-19(27)24-28;;;/h5-8,13,16-17,25,28H,9-12,14H2,1-4H3,(H,22,23)(H,24,27);3*1H/t16-;;;/m1.../s1. The second kappa shape index (κ2) is 12.2. The number of nitrogens with one attached hydrogen (secondary N) is 3. The molecule has 0 spiro atoms. The Bertz CT molecular complexity index is 712. The highest BCUT2D eigenvalue weighted by Gasteiger charge is 2.41. The van der Waals surface area contributed by atoms with E-state index in [4.69, 9.17) is 5.21 Å². The van der Waals surface area contributed by atoms with Crippen molar-refractivity contribution in [3.8, 4) is 0 Å². The molecule has 0 saturated carbocycles. The molecule has 178 valence electrons. The molecule has 1 aromatic heterocycles. The van der Waals surface area contributed by atoms with Crippen LogP contribution in [0.2, 0.25) is 0 Å². The minimum absolute atomic E-state index is 0. The topological polar surface area (TPSA) is 89.5 Å². The molecule has 0 aliphatic carbocycles. The molecule has 31 heavy (non-hydrogen) atoms. The van der Waals surface area contributed by atoms with Crippen LogP contribution in [0.3, 0.4) is 0 Å². The predicted molar refractivity (Wildman–Crippen MR) is 133 cm³/mol. The van der Waals surface area contributed by atoms with E-state index >= 15 is 0 Å². The Morgan fingerprint density at radius 2 is 1.84 bits per heavy atom. The number of aromatic nitrogens is 1. The van der Waals surface area contributed by atoms with E-state index in [1.807, 2.05) is 12.1 Å². The number of likely N-dealkylation sites (tertiary alicyclic amines) is 1. The summed E-state index contributed by atoms with van der Waals surface area (Å²) < 4.78 is 0. The fourth-order valence-electron chi connectivity index (χ4n) is 4.77. The SMILES string of the molecule is CC1(C)CC(N2CC[C@@H](Nc3ccc(C=CC(=O)NO)cn3)C2)CC(C)(C)N1.Cl.Cl.Cl. The van der Waals surface area contributed by atoms with Crippen LogP contribution in [0.1, 0.15) is 52.5 Å². The zero-order chi connectivity index (χ0) is 20.4. The summed E-state index contributed by atoms with van der Waals surface area (Å²) in [5.41, 5.74) is 2.70. The van der Waals surface area contributed by atoms with Crippen molar-refractivity contribution < 1.29 is 10.0 Å². The summed E-state index contributed by atoms with van der Waals surface area (Å²) in [4.78, 5) is 18.1. The maximum atomic E-state index is 11.0. The van der Waals surface area contributed by atoms with Crippen molar-refractivity contribution in [3.05, 3.63) is 30.0 Å². The van der Waals surface area contributed by atoms with Crippen LogP contribution in [-0.4, -0.2) is 57.2 Å². The molecule has 7 nitrogen and oxygen atoms in total. The summed E-state index contributed by atoms with van der Waals surface area (Å²) >= 11 is 0. The summed E-state index contributed by atoms with van der Waals surface area (Å²) in [6, 6.07) is 4.84. The Balaban J connectivity index is 0.00000300. The van der Waals surface area contributed by atoms with Gasteiger partial charge in [0.1, 0.15) is 5.82 Å². The average Bonchev–Trinajstić information content (AvgIpc) is 3.07. The van der Waals surface area contributed by atoms with Gasteiger partial charge in [0.25, 0.3) is 5.91 Å². The number of rotatable bonds is 5. The number of hydrogen-bond acceptors (Lipinski definition) is 6. The number of nitrogens with zero attached hydrogens (tertiary/aromatic N) is 2. The maximum Gasteiger partial charge on any atom is 0.267 e. The first-order valence-corrected chi connectivity index (χ1v) is 10.0. The summed E-state index contributed by atoms with van der Waals surface area (Å²) in [6.07, 6.45) is 8.05. The Hall–Kier alpha value is -1.09. The highest BCUT2D eigenvalue weighted by Crippen LogP contribution is 2.33. The van der Waals surface area contributed by atoms with Gasteiger partial charge in [0.15, 0.2) is 0 Å². The third kappa shape index (κ3) is 8.75. The van der Waals surface area contributed by atoms with Crippen molar-refractivity contribution in [2.24, 2.45) is 0 Å². The summed E-state index contributed by atoms with van der Waals surface area (Å²) in [5.74, 6) is 0.291. The number of carbonyl (C=O) groups excluding carboxylic acids is 1. The molecule has 0 bridgehead atoms. The van der Waals surface area contributed by atoms with Gasteiger partial charge >= 0.3 is 0 Å². The normalized spacial score (nSPS) is 22.7. The molecular weight excluding hydrogens is 461 g/mol. The molecule has 1 amide bonds. The van der Waals surface area contributed by atoms with Gasteiger partial charge in [-0.2, -0.15) is 0 Å². The van der Waals surface area contributed by atoms with Gasteiger partial charge in [-0.05, 0) is 70.7 Å². The van der Waals surface area contributed by atoms with E-state index < -0.39 is 5.91 Å². The molecule has 0 radical (unpaired) electrons. The largest absolute Gasteiger partial charge is 0.366 e. The second-order valence-electron chi connectivity index (χ2n) is 9.37. The number of carbonyl (C=O) groups is 1. The fourth-order valence-corrected chi connectivity index (χ4v) is 4.77. The minimum Gasteiger partial charge on any atom is -0.366 e. The summed E-state index contributed by atoms with van der Waals surface area (Å²) in [5, 5.41) is 15.8. The smallest absolute Gasteiger partial charge is 0.267 e. The molecule has 1 atom stereocenters. The van der Waals surface area contributed by atoms with Gasteiger partial charge in [-0.1, -0.05) is 0 Å². The molecule has 2 aliphatic rings. The van der Waals surface area contributed by atoms with Crippen molar-refractivity contribution in [1.29, 1.82) is 0 Å². The van der Waals surface area contributed by atoms with Gasteiger partial charge in [0.2, 0.25) is 0 Å². The van der Waals surface area contributed by atoms with E-state index in [2.05, 4.69) is 48.2 Å². The molecule has 1 aromatic rings.